The van der Waals surface area contributed by atoms with Crippen molar-refractivity contribution in [2.24, 2.45) is 0 Å². The van der Waals surface area contributed by atoms with Gasteiger partial charge in [0.2, 0.25) is 5.82 Å². The van der Waals surface area contributed by atoms with E-state index in [1.807, 2.05) is 43.0 Å². The van der Waals surface area contributed by atoms with Gasteiger partial charge in [-0.3, -0.25) is 4.90 Å². The van der Waals surface area contributed by atoms with Gasteiger partial charge in [-0.2, -0.15) is 4.98 Å². The van der Waals surface area contributed by atoms with E-state index >= 15 is 0 Å². The number of nitrogens with zero attached hydrogens (tertiary/aromatic N) is 3. The van der Waals surface area contributed by atoms with Crippen LogP contribution in [0.1, 0.15) is 41.1 Å². The number of hydrogen-bond acceptors (Lipinski definition) is 4. The zero-order chi connectivity index (χ0) is 24.7. The molecule has 0 amide bonds. The summed E-state index contributed by atoms with van der Waals surface area (Å²) < 4.78 is 19.4. The molecule has 1 aliphatic heterocycles. The molecule has 7 heteroatoms. The van der Waals surface area contributed by atoms with Crippen molar-refractivity contribution in [3.05, 3.63) is 106 Å². The van der Waals surface area contributed by atoms with E-state index < -0.39 is 0 Å². The molecule has 1 N–H and O–H groups in total. The van der Waals surface area contributed by atoms with Crippen molar-refractivity contribution in [2.45, 2.75) is 33.7 Å². The Labute approximate surface area is 209 Å². The first-order valence-electron chi connectivity index (χ1n) is 11.4. The molecule has 1 unspecified atom stereocenters. The van der Waals surface area contributed by atoms with E-state index in [0.717, 1.165) is 33.6 Å². The summed E-state index contributed by atoms with van der Waals surface area (Å²) in [4.78, 5) is 6.65. The minimum atomic E-state index is -0.306. The minimum absolute atomic E-state index is 0.288. The smallest absolute Gasteiger partial charge is 0.258 e. The van der Waals surface area contributed by atoms with E-state index in [1.165, 1.54) is 23.3 Å². The Hall–Kier alpha value is -3.84. The van der Waals surface area contributed by atoms with Crippen molar-refractivity contribution in [1.29, 1.82) is 0 Å². The quantitative estimate of drug-likeness (QED) is 0.327. The number of rotatable bonds is 4. The van der Waals surface area contributed by atoms with Crippen molar-refractivity contribution >= 4 is 28.6 Å². The first-order chi connectivity index (χ1) is 16.8. The molecule has 0 saturated heterocycles. The lowest BCUT2D eigenvalue weighted by atomic mass is 9.92. The monoisotopic (exact) mass is 484 g/mol. The van der Waals surface area contributed by atoms with Crippen LogP contribution in [-0.2, 0) is 0 Å². The molecular weight excluding hydrogens is 459 g/mol. The number of hydrogen-bond donors (Lipinski definition) is 1. The van der Waals surface area contributed by atoms with Crippen LogP contribution in [0.3, 0.4) is 0 Å². The first kappa shape index (κ1) is 22.9. The molecule has 0 spiro atoms. The average molecular weight is 485 g/mol. The van der Waals surface area contributed by atoms with Crippen molar-refractivity contribution in [1.82, 2.24) is 15.5 Å². The Balaban J connectivity index is 1.67. The van der Waals surface area contributed by atoms with Gasteiger partial charge >= 0.3 is 0 Å². The van der Waals surface area contributed by atoms with Crippen LogP contribution in [0, 0.1) is 26.6 Å². The van der Waals surface area contributed by atoms with Crippen LogP contribution in [0.4, 0.5) is 10.1 Å². The number of aromatic nitrogens is 2. The number of thiocarbonyl (C=S) groups is 1. The highest BCUT2D eigenvalue weighted by molar-refractivity contribution is 7.80. The second kappa shape index (κ2) is 9.07. The zero-order valence-electron chi connectivity index (χ0n) is 20.0. The Kier molecular flexibility index (Phi) is 5.94. The van der Waals surface area contributed by atoms with Crippen molar-refractivity contribution in [3.8, 4) is 11.4 Å². The third-order valence-electron chi connectivity index (χ3n) is 6.37. The fourth-order valence-electron chi connectivity index (χ4n) is 4.35. The predicted molar refractivity (Wildman–Crippen MR) is 140 cm³/mol. The Morgan fingerprint density at radius 3 is 2.43 bits per heavy atom. The van der Waals surface area contributed by atoms with Crippen molar-refractivity contribution < 1.29 is 8.91 Å². The molecule has 5 rings (SSSR count). The molecule has 1 atom stereocenters. The molecule has 3 aromatic carbocycles. The fourth-order valence-corrected chi connectivity index (χ4v) is 4.71. The number of nitrogens with one attached hydrogen (secondary N) is 1. The van der Waals surface area contributed by atoms with E-state index in [0.29, 0.717) is 16.8 Å². The third-order valence-corrected chi connectivity index (χ3v) is 6.67. The molecule has 1 aromatic heterocycles. The Morgan fingerprint density at radius 1 is 0.943 bits per heavy atom. The number of halogens is 1. The highest BCUT2D eigenvalue weighted by atomic mass is 32.1. The SMILES string of the molecule is CC1=C(c2nc(-c3cccc(C)c3)no2)C(c2ccc(C)c(C)c2)NC(=S)N1c1ccc(F)cc1. The maximum Gasteiger partial charge on any atom is 0.258 e. The largest absolute Gasteiger partial charge is 0.351 e. The van der Waals surface area contributed by atoms with Crippen molar-refractivity contribution in [2.75, 3.05) is 4.90 Å². The lowest BCUT2D eigenvalue weighted by Crippen LogP contribution is -2.46. The van der Waals surface area contributed by atoms with Crippen LogP contribution < -0.4 is 10.2 Å². The van der Waals surface area contributed by atoms with Gasteiger partial charge in [-0.05, 0) is 86.9 Å². The summed E-state index contributed by atoms with van der Waals surface area (Å²) in [6, 6.07) is 20.3. The summed E-state index contributed by atoms with van der Waals surface area (Å²) in [7, 11) is 0. The second-order valence-corrected chi connectivity index (χ2v) is 9.22. The highest BCUT2D eigenvalue weighted by Crippen LogP contribution is 2.39. The van der Waals surface area contributed by atoms with Gasteiger partial charge in [0.25, 0.3) is 5.89 Å². The molecule has 2 heterocycles. The number of allylic oxidation sites excluding steroid dienone is 1. The van der Waals surface area contributed by atoms with Crippen molar-refractivity contribution in [3.63, 3.8) is 0 Å². The number of anilines is 1. The number of benzene rings is 3. The Morgan fingerprint density at radius 2 is 1.71 bits per heavy atom. The molecule has 0 saturated carbocycles. The molecule has 0 bridgehead atoms. The first-order valence-corrected chi connectivity index (χ1v) is 11.8. The fraction of sp³-hybridized carbons (Fsp3) is 0.179. The van der Waals surface area contributed by atoms with Gasteiger partial charge in [-0.1, -0.05) is 47.1 Å². The zero-order valence-corrected chi connectivity index (χ0v) is 20.8. The molecule has 176 valence electrons. The number of aryl methyl sites for hydroxylation is 3. The lowest BCUT2D eigenvalue weighted by Gasteiger charge is -2.37. The van der Waals surface area contributed by atoms with E-state index in [9.17, 15) is 4.39 Å². The van der Waals surface area contributed by atoms with Crippen LogP contribution in [0.15, 0.2) is 77.0 Å². The standard InChI is InChI=1S/C28H25FN4OS/c1-16-6-5-7-21(14-16)26-31-27(34-32-26)24-19(4)33(23-12-10-22(29)11-13-23)28(35)30-25(24)20-9-8-17(2)18(3)15-20/h5-15,25H,1-4H3,(H,30,35). The van der Waals surface area contributed by atoms with Gasteiger partial charge in [0.1, 0.15) is 5.82 Å². The molecule has 1 aliphatic rings. The van der Waals surface area contributed by atoms with Gasteiger partial charge in [0.05, 0.1) is 11.6 Å². The molecule has 0 fully saturated rings. The molecular formula is C28H25FN4OS. The summed E-state index contributed by atoms with van der Waals surface area (Å²) in [5.74, 6) is 0.618. The van der Waals surface area contributed by atoms with Crippen LogP contribution in [0.2, 0.25) is 0 Å². The third kappa shape index (κ3) is 4.35. The maximum atomic E-state index is 13.6. The van der Waals surface area contributed by atoms with Gasteiger partial charge in [-0.15, -0.1) is 0 Å². The maximum absolute atomic E-state index is 13.6. The summed E-state index contributed by atoms with van der Waals surface area (Å²) in [6.07, 6.45) is 0. The van der Waals surface area contributed by atoms with Crippen LogP contribution in [-0.4, -0.2) is 15.3 Å². The van der Waals surface area contributed by atoms with E-state index in [1.54, 1.807) is 12.1 Å². The van der Waals surface area contributed by atoms with E-state index in [2.05, 4.69) is 42.5 Å². The normalized spacial score (nSPS) is 16.0. The van der Waals surface area contributed by atoms with Crippen LogP contribution >= 0.6 is 12.2 Å². The molecule has 35 heavy (non-hydrogen) atoms. The van der Waals surface area contributed by atoms with Gasteiger partial charge in [0, 0.05) is 16.9 Å². The highest BCUT2D eigenvalue weighted by Gasteiger charge is 2.35. The Bertz CT molecular complexity index is 1460. The average Bonchev–Trinajstić information content (AvgIpc) is 3.31. The van der Waals surface area contributed by atoms with Gasteiger partial charge in [-0.25, -0.2) is 4.39 Å². The minimum Gasteiger partial charge on any atom is -0.351 e. The van der Waals surface area contributed by atoms with Crippen LogP contribution in [0.5, 0.6) is 0 Å². The molecule has 4 aromatic rings. The summed E-state index contributed by atoms with van der Waals surface area (Å²) in [6.45, 7) is 8.17. The lowest BCUT2D eigenvalue weighted by molar-refractivity contribution is 0.404. The predicted octanol–water partition coefficient (Wildman–Crippen LogP) is 6.67. The van der Waals surface area contributed by atoms with Gasteiger partial charge < -0.3 is 9.84 Å². The van der Waals surface area contributed by atoms with E-state index in [-0.39, 0.29) is 11.9 Å². The van der Waals surface area contributed by atoms with Gasteiger partial charge in [0.15, 0.2) is 5.11 Å². The van der Waals surface area contributed by atoms with E-state index in [4.69, 9.17) is 21.7 Å². The molecule has 0 aliphatic carbocycles. The molecule has 0 radical (unpaired) electrons. The topological polar surface area (TPSA) is 54.2 Å². The second-order valence-electron chi connectivity index (χ2n) is 8.83. The molecule has 5 nitrogen and oxygen atoms in total. The van der Waals surface area contributed by atoms with Crippen LogP contribution in [0.25, 0.3) is 17.0 Å². The summed E-state index contributed by atoms with van der Waals surface area (Å²) >= 11 is 5.77. The summed E-state index contributed by atoms with van der Waals surface area (Å²) in [5.41, 5.74) is 7.83. The summed E-state index contributed by atoms with van der Waals surface area (Å²) in [5, 5.41) is 8.25.